The maximum Gasteiger partial charge on any atom is 0.254 e. The molecule has 5 nitrogen and oxygen atoms in total. The summed E-state index contributed by atoms with van der Waals surface area (Å²) in [5, 5.41) is 0. The maximum absolute atomic E-state index is 12.5. The van der Waals surface area contributed by atoms with Gasteiger partial charge in [-0.25, -0.2) is 8.42 Å². The number of hydrogen-bond donors (Lipinski definition) is 1. The van der Waals surface area contributed by atoms with E-state index in [0.29, 0.717) is 17.7 Å². The van der Waals surface area contributed by atoms with Crippen LogP contribution in [0.15, 0.2) is 24.3 Å². The van der Waals surface area contributed by atoms with Crippen LogP contribution in [0.2, 0.25) is 0 Å². The highest BCUT2D eigenvalue weighted by Crippen LogP contribution is 2.19. The van der Waals surface area contributed by atoms with Gasteiger partial charge in [-0.05, 0) is 37.0 Å². The second-order valence-corrected chi connectivity index (χ2v) is 7.79. The molecule has 7 heteroatoms. The van der Waals surface area contributed by atoms with Gasteiger partial charge >= 0.3 is 0 Å². The number of carbonyl (C=O) groups excluding carboxylic acids is 1. The van der Waals surface area contributed by atoms with E-state index in [1.54, 1.807) is 24.3 Å². The summed E-state index contributed by atoms with van der Waals surface area (Å²) in [4.78, 5) is 14.4. The van der Waals surface area contributed by atoms with Gasteiger partial charge in [0.15, 0.2) is 9.84 Å². The number of sulfone groups is 1. The molecule has 0 aliphatic carbocycles. The molecule has 1 saturated heterocycles. The van der Waals surface area contributed by atoms with Gasteiger partial charge in [0.1, 0.15) is 0 Å². The van der Waals surface area contributed by atoms with Crippen molar-refractivity contribution in [3.05, 3.63) is 35.4 Å². The lowest BCUT2D eigenvalue weighted by Gasteiger charge is -2.35. The number of nitrogens with zero attached hydrogens (tertiary/aromatic N) is 1. The summed E-state index contributed by atoms with van der Waals surface area (Å²) in [6.07, 6.45) is 4.27. The fourth-order valence-corrected chi connectivity index (χ4v) is 3.52. The molecule has 1 unspecified atom stereocenters. The Morgan fingerprint density at radius 2 is 1.91 bits per heavy atom. The van der Waals surface area contributed by atoms with Crippen LogP contribution < -0.4 is 5.73 Å². The summed E-state index contributed by atoms with van der Waals surface area (Å²) < 4.78 is 22.5. The van der Waals surface area contributed by atoms with Gasteiger partial charge in [0.25, 0.3) is 5.91 Å². The van der Waals surface area contributed by atoms with Crippen molar-refractivity contribution in [2.75, 3.05) is 19.3 Å². The molecular formula is C15H23ClN2O3S. The zero-order chi connectivity index (χ0) is 15.5. The summed E-state index contributed by atoms with van der Waals surface area (Å²) in [5.74, 6) is -0.0209. The van der Waals surface area contributed by atoms with Crippen molar-refractivity contribution in [3.8, 4) is 0 Å². The Hall–Kier alpha value is -1.11. The average Bonchev–Trinajstić information content (AvgIpc) is 2.45. The molecule has 0 aromatic heterocycles. The standard InChI is InChI=1S/C15H22N2O3S.ClH/c1-21(19,20)11-12-5-7-13(8-6-12)15(18)17-9-3-2-4-14(17)10-16;/h5-8,14H,2-4,9-11,16H2,1H3;1H. The molecular weight excluding hydrogens is 324 g/mol. The number of halogens is 1. The van der Waals surface area contributed by atoms with Gasteiger partial charge in [0.2, 0.25) is 0 Å². The van der Waals surface area contributed by atoms with Crippen molar-refractivity contribution in [1.82, 2.24) is 4.90 Å². The molecule has 0 bridgehead atoms. The molecule has 0 spiro atoms. The first kappa shape index (κ1) is 18.9. The van der Waals surface area contributed by atoms with Crippen LogP contribution >= 0.6 is 12.4 Å². The Labute approximate surface area is 138 Å². The van der Waals surface area contributed by atoms with Crippen molar-refractivity contribution in [2.24, 2.45) is 5.73 Å². The van der Waals surface area contributed by atoms with Gasteiger partial charge in [-0.15, -0.1) is 12.4 Å². The molecule has 1 aromatic carbocycles. The minimum absolute atomic E-state index is 0. The molecule has 124 valence electrons. The van der Waals surface area contributed by atoms with E-state index in [-0.39, 0.29) is 30.1 Å². The van der Waals surface area contributed by atoms with Crippen LogP contribution in [-0.2, 0) is 15.6 Å². The Morgan fingerprint density at radius 1 is 1.27 bits per heavy atom. The number of rotatable bonds is 4. The highest BCUT2D eigenvalue weighted by Gasteiger charge is 2.26. The number of piperidine rings is 1. The number of hydrogen-bond acceptors (Lipinski definition) is 4. The minimum atomic E-state index is -3.06. The third kappa shape index (κ3) is 4.97. The number of carbonyl (C=O) groups is 1. The predicted octanol–water partition coefficient (Wildman–Crippen LogP) is 1.61. The molecule has 22 heavy (non-hydrogen) atoms. The van der Waals surface area contributed by atoms with Gasteiger partial charge in [-0.1, -0.05) is 12.1 Å². The summed E-state index contributed by atoms with van der Waals surface area (Å²) in [7, 11) is -3.06. The van der Waals surface area contributed by atoms with E-state index in [1.807, 2.05) is 4.90 Å². The first-order valence-corrected chi connectivity index (χ1v) is 9.24. The lowest BCUT2D eigenvalue weighted by atomic mass is 10.0. The van der Waals surface area contributed by atoms with E-state index in [2.05, 4.69) is 0 Å². The number of amides is 1. The Kier molecular flexibility index (Phi) is 6.84. The monoisotopic (exact) mass is 346 g/mol. The van der Waals surface area contributed by atoms with Crippen LogP contribution in [0.4, 0.5) is 0 Å². The van der Waals surface area contributed by atoms with Crippen LogP contribution in [0.5, 0.6) is 0 Å². The lowest BCUT2D eigenvalue weighted by Crippen LogP contribution is -2.47. The second kappa shape index (κ2) is 7.94. The van der Waals surface area contributed by atoms with Crippen LogP contribution in [-0.4, -0.2) is 44.6 Å². The van der Waals surface area contributed by atoms with Crippen LogP contribution in [0.1, 0.15) is 35.2 Å². The Balaban J connectivity index is 0.00000242. The van der Waals surface area contributed by atoms with Crippen molar-refractivity contribution in [3.63, 3.8) is 0 Å². The van der Waals surface area contributed by atoms with Crippen molar-refractivity contribution in [2.45, 2.75) is 31.1 Å². The van der Waals surface area contributed by atoms with E-state index in [9.17, 15) is 13.2 Å². The summed E-state index contributed by atoms with van der Waals surface area (Å²) in [6, 6.07) is 6.92. The van der Waals surface area contributed by atoms with E-state index < -0.39 is 9.84 Å². The van der Waals surface area contributed by atoms with E-state index in [1.165, 1.54) is 6.26 Å². The topological polar surface area (TPSA) is 80.5 Å². The Bertz CT molecular complexity index is 602. The highest BCUT2D eigenvalue weighted by molar-refractivity contribution is 7.89. The quantitative estimate of drug-likeness (QED) is 0.898. The van der Waals surface area contributed by atoms with E-state index in [4.69, 9.17) is 5.73 Å². The first-order valence-electron chi connectivity index (χ1n) is 7.18. The van der Waals surface area contributed by atoms with Crippen molar-refractivity contribution >= 4 is 28.2 Å². The van der Waals surface area contributed by atoms with E-state index in [0.717, 1.165) is 25.8 Å². The lowest BCUT2D eigenvalue weighted by molar-refractivity contribution is 0.0623. The van der Waals surface area contributed by atoms with Crippen LogP contribution in [0.25, 0.3) is 0 Å². The molecule has 1 heterocycles. The molecule has 2 N–H and O–H groups in total. The summed E-state index contributed by atoms with van der Waals surface area (Å²) >= 11 is 0. The molecule has 1 aromatic rings. The van der Waals surface area contributed by atoms with Gasteiger partial charge in [0.05, 0.1) is 5.75 Å². The number of likely N-dealkylation sites (tertiary alicyclic amines) is 1. The van der Waals surface area contributed by atoms with Gasteiger partial charge < -0.3 is 10.6 Å². The first-order chi connectivity index (χ1) is 9.90. The van der Waals surface area contributed by atoms with Crippen molar-refractivity contribution < 1.29 is 13.2 Å². The molecule has 1 fully saturated rings. The SMILES string of the molecule is CS(=O)(=O)Cc1ccc(C(=O)N2CCCCC2CN)cc1.Cl. The van der Waals surface area contributed by atoms with Crippen molar-refractivity contribution in [1.29, 1.82) is 0 Å². The molecule has 0 saturated carbocycles. The third-order valence-electron chi connectivity index (χ3n) is 3.79. The molecule has 1 aliphatic heterocycles. The number of nitrogens with two attached hydrogens (primary N) is 1. The molecule has 1 atom stereocenters. The zero-order valence-corrected chi connectivity index (χ0v) is 14.3. The highest BCUT2D eigenvalue weighted by atomic mass is 35.5. The Morgan fingerprint density at radius 3 is 2.45 bits per heavy atom. The summed E-state index contributed by atoms with van der Waals surface area (Å²) in [5.41, 5.74) is 7.03. The molecule has 0 radical (unpaired) electrons. The van der Waals surface area contributed by atoms with Gasteiger partial charge in [-0.2, -0.15) is 0 Å². The van der Waals surface area contributed by atoms with Crippen LogP contribution in [0.3, 0.4) is 0 Å². The van der Waals surface area contributed by atoms with E-state index >= 15 is 0 Å². The second-order valence-electron chi connectivity index (χ2n) is 5.65. The minimum Gasteiger partial charge on any atom is -0.334 e. The normalized spacial score (nSPS) is 18.6. The fourth-order valence-electron chi connectivity index (χ4n) is 2.73. The van der Waals surface area contributed by atoms with Crippen LogP contribution in [0, 0.1) is 0 Å². The fraction of sp³-hybridized carbons (Fsp3) is 0.533. The van der Waals surface area contributed by atoms with Gasteiger partial charge in [0, 0.05) is 31.0 Å². The summed E-state index contributed by atoms with van der Waals surface area (Å²) in [6.45, 7) is 1.23. The average molecular weight is 347 g/mol. The maximum atomic E-state index is 12.5. The molecule has 1 amide bonds. The largest absolute Gasteiger partial charge is 0.334 e. The molecule has 2 rings (SSSR count). The predicted molar refractivity (Wildman–Crippen MR) is 90.0 cm³/mol. The van der Waals surface area contributed by atoms with Gasteiger partial charge in [-0.3, -0.25) is 4.79 Å². The third-order valence-corrected chi connectivity index (χ3v) is 4.65. The smallest absolute Gasteiger partial charge is 0.254 e. The number of benzene rings is 1. The zero-order valence-electron chi connectivity index (χ0n) is 12.7. The molecule has 1 aliphatic rings.